The number of halogens is 2. The highest BCUT2D eigenvalue weighted by molar-refractivity contribution is 6.35. The Balaban J connectivity index is 1.52. The molecule has 0 bridgehead atoms. The standard InChI is InChI=1S/C20H26Cl2N2O3/c1-13-11-24(12-14(2)27-13)20(26)15-5-7-23(8-6-15)19(25)9-16-3-4-17(21)10-18(16)22/h3-4,10,13-15H,5-9,11-12H2,1-2H3. The Labute approximate surface area is 170 Å². The SMILES string of the molecule is CC1CN(C(=O)C2CCN(C(=O)Cc3ccc(Cl)cc3Cl)CC2)CC(C)O1. The van der Waals surface area contributed by atoms with Crippen LogP contribution in [0.3, 0.4) is 0 Å². The lowest BCUT2D eigenvalue weighted by atomic mass is 9.94. The minimum atomic E-state index is -0.00864. The zero-order valence-corrected chi connectivity index (χ0v) is 17.3. The van der Waals surface area contributed by atoms with Gasteiger partial charge in [0, 0.05) is 42.1 Å². The van der Waals surface area contributed by atoms with Crippen molar-refractivity contribution in [1.29, 1.82) is 0 Å². The molecule has 0 radical (unpaired) electrons. The molecule has 2 fully saturated rings. The van der Waals surface area contributed by atoms with Crippen molar-refractivity contribution in [1.82, 2.24) is 9.80 Å². The molecule has 0 aliphatic carbocycles. The number of rotatable bonds is 3. The topological polar surface area (TPSA) is 49.9 Å². The zero-order chi connectivity index (χ0) is 19.6. The second-order valence-electron chi connectivity index (χ2n) is 7.57. The van der Waals surface area contributed by atoms with Crippen LogP contribution in [0.4, 0.5) is 0 Å². The van der Waals surface area contributed by atoms with E-state index in [1.807, 2.05) is 23.6 Å². The van der Waals surface area contributed by atoms with Crippen LogP contribution in [0.2, 0.25) is 10.0 Å². The fourth-order valence-corrected chi connectivity index (χ4v) is 4.41. The third kappa shape index (κ3) is 5.15. The van der Waals surface area contributed by atoms with Gasteiger partial charge in [0.05, 0.1) is 18.6 Å². The highest BCUT2D eigenvalue weighted by Crippen LogP contribution is 2.25. The molecule has 2 unspecified atom stereocenters. The quantitative estimate of drug-likeness (QED) is 0.763. The van der Waals surface area contributed by atoms with Crippen LogP contribution in [0.15, 0.2) is 18.2 Å². The maximum Gasteiger partial charge on any atom is 0.227 e. The smallest absolute Gasteiger partial charge is 0.227 e. The number of hydrogen-bond donors (Lipinski definition) is 0. The molecule has 2 amide bonds. The summed E-state index contributed by atoms with van der Waals surface area (Å²) in [5.74, 6) is 0.231. The predicted molar refractivity (Wildman–Crippen MR) is 106 cm³/mol. The third-order valence-corrected chi connectivity index (χ3v) is 5.87. The van der Waals surface area contributed by atoms with E-state index in [0.29, 0.717) is 49.1 Å². The van der Waals surface area contributed by atoms with Gasteiger partial charge in [-0.25, -0.2) is 0 Å². The van der Waals surface area contributed by atoms with Crippen LogP contribution in [0.5, 0.6) is 0 Å². The van der Waals surface area contributed by atoms with Crippen LogP contribution < -0.4 is 0 Å². The Morgan fingerprint density at radius 3 is 2.30 bits per heavy atom. The van der Waals surface area contributed by atoms with E-state index in [-0.39, 0.29) is 36.4 Å². The van der Waals surface area contributed by atoms with E-state index in [9.17, 15) is 9.59 Å². The van der Waals surface area contributed by atoms with Crippen molar-refractivity contribution in [3.8, 4) is 0 Å². The molecule has 3 rings (SSSR count). The number of nitrogens with zero attached hydrogens (tertiary/aromatic N) is 2. The van der Waals surface area contributed by atoms with Crippen LogP contribution >= 0.6 is 23.2 Å². The number of likely N-dealkylation sites (tertiary alicyclic amines) is 1. The minimum Gasteiger partial charge on any atom is -0.372 e. The first-order valence-corrected chi connectivity index (χ1v) is 10.2. The van der Waals surface area contributed by atoms with Crippen molar-refractivity contribution in [3.63, 3.8) is 0 Å². The summed E-state index contributed by atoms with van der Waals surface area (Å²) >= 11 is 12.1. The van der Waals surface area contributed by atoms with Gasteiger partial charge in [-0.3, -0.25) is 9.59 Å². The van der Waals surface area contributed by atoms with E-state index in [4.69, 9.17) is 27.9 Å². The molecule has 2 saturated heterocycles. The van der Waals surface area contributed by atoms with Crippen molar-refractivity contribution in [3.05, 3.63) is 33.8 Å². The van der Waals surface area contributed by atoms with Gasteiger partial charge in [0.25, 0.3) is 0 Å². The molecular formula is C20H26Cl2N2O3. The van der Waals surface area contributed by atoms with E-state index in [1.54, 1.807) is 18.2 Å². The van der Waals surface area contributed by atoms with Crippen LogP contribution in [0, 0.1) is 5.92 Å². The number of hydrogen-bond acceptors (Lipinski definition) is 3. The van der Waals surface area contributed by atoms with E-state index < -0.39 is 0 Å². The number of benzene rings is 1. The summed E-state index contributed by atoms with van der Waals surface area (Å²) in [5, 5.41) is 1.07. The maximum absolute atomic E-state index is 12.8. The first-order valence-electron chi connectivity index (χ1n) is 9.49. The maximum atomic E-state index is 12.8. The highest BCUT2D eigenvalue weighted by Gasteiger charge is 2.33. The summed E-state index contributed by atoms with van der Waals surface area (Å²) in [7, 11) is 0. The van der Waals surface area contributed by atoms with Crippen LogP contribution in [-0.4, -0.2) is 60.0 Å². The van der Waals surface area contributed by atoms with E-state index in [2.05, 4.69) is 0 Å². The normalized spacial score (nSPS) is 24.1. The Hall–Kier alpha value is -1.30. The summed E-state index contributed by atoms with van der Waals surface area (Å²) in [6.07, 6.45) is 1.82. The second kappa shape index (κ2) is 8.80. The predicted octanol–water partition coefficient (Wildman–Crippen LogP) is 3.41. The lowest BCUT2D eigenvalue weighted by Crippen LogP contribution is -2.51. The summed E-state index contributed by atoms with van der Waals surface area (Å²) in [6.45, 7) is 6.51. The number of ether oxygens (including phenoxy) is 1. The average Bonchev–Trinajstić information content (AvgIpc) is 2.62. The molecule has 7 heteroatoms. The minimum absolute atomic E-state index is 0.00864. The zero-order valence-electron chi connectivity index (χ0n) is 15.8. The molecule has 2 atom stereocenters. The van der Waals surface area contributed by atoms with Gasteiger partial charge < -0.3 is 14.5 Å². The first kappa shape index (κ1) is 20.4. The molecule has 5 nitrogen and oxygen atoms in total. The largest absolute Gasteiger partial charge is 0.372 e. The van der Waals surface area contributed by atoms with Crippen molar-refractivity contribution in [2.45, 2.75) is 45.3 Å². The molecule has 2 heterocycles. The lowest BCUT2D eigenvalue weighted by molar-refractivity contribution is -0.150. The molecule has 0 spiro atoms. The molecule has 0 N–H and O–H groups in total. The molecule has 0 aromatic heterocycles. The summed E-state index contributed by atoms with van der Waals surface area (Å²) in [4.78, 5) is 29.2. The highest BCUT2D eigenvalue weighted by atomic mass is 35.5. The van der Waals surface area contributed by atoms with Gasteiger partial charge in [-0.05, 0) is 44.4 Å². The number of amides is 2. The Kier molecular flexibility index (Phi) is 6.66. The van der Waals surface area contributed by atoms with Crippen LogP contribution in [-0.2, 0) is 20.7 Å². The molecule has 1 aromatic rings. The second-order valence-corrected chi connectivity index (χ2v) is 8.41. The van der Waals surface area contributed by atoms with E-state index in [0.717, 1.165) is 5.56 Å². The van der Waals surface area contributed by atoms with Crippen molar-refractivity contribution < 1.29 is 14.3 Å². The molecular weight excluding hydrogens is 387 g/mol. The van der Waals surface area contributed by atoms with Crippen LogP contribution in [0.1, 0.15) is 32.3 Å². The summed E-state index contributed by atoms with van der Waals surface area (Å²) < 4.78 is 5.71. The monoisotopic (exact) mass is 412 g/mol. The Morgan fingerprint density at radius 2 is 1.70 bits per heavy atom. The average molecular weight is 413 g/mol. The lowest BCUT2D eigenvalue weighted by Gasteiger charge is -2.39. The first-order chi connectivity index (χ1) is 12.8. The molecule has 148 valence electrons. The third-order valence-electron chi connectivity index (χ3n) is 5.28. The number of morpholine rings is 1. The van der Waals surface area contributed by atoms with Gasteiger partial charge in [0.15, 0.2) is 0 Å². The van der Waals surface area contributed by atoms with Gasteiger partial charge in [0.1, 0.15) is 0 Å². The van der Waals surface area contributed by atoms with Gasteiger partial charge >= 0.3 is 0 Å². The summed E-state index contributed by atoms with van der Waals surface area (Å²) in [5.41, 5.74) is 0.778. The van der Waals surface area contributed by atoms with E-state index >= 15 is 0 Å². The van der Waals surface area contributed by atoms with Gasteiger partial charge in [-0.1, -0.05) is 29.3 Å². The van der Waals surface area contributed by atoms with Crippen LogP contribution in [0.25, 0.3) is 0 Å². The number of piperidine rings is 1. The fraction of sp³-hybridized carbons (Fsp3) is 0.600. The van der Waals surface area contributed by atoms with E-state index in [1.165, 1.54) is 0 Å². The van der Waals surface area contributed by atoms with Crippen molar-refractivity contribution in [2.75, 3.05) is 26.2 Å². The molecule has 2 aliphatic rings. The van der Waals surface area contributed by atoms with Gasteiger partial charge in [0.2, 0.25) is 11.8 Å². The van der Waals surface area contributed by atoms with Gasteiger partial charge in [-0.15, -0.1) is 0 Å². The molecule has 27 heavy (non-hydrogen) atoms. The Bertz CT molecular complexity index is 694. The number of carbonyl (C=O) groups excluding carboxylic acids is 2. The number of carbonyl (C=O) groups is 2. The summed E-state index contributed by atoms with van der Waals surface area (Å²) in [6, 6.07) is 5.19. The molecule has 1 aromatic carbocycles. The Morgan fingerprint density at radius 1 is 1.07 bits per heavy atom. The van der Waals surface area contributed by atoms with Gasteiger partial charge in [-0.2, -0.15) is 0 Å². The molecule has 0 saturated carbocycles. The molecule has 2 aliphatic heterocycles. The van der Waals surface area contributed by atoms with Crippen molar-refractivity contribution >= 4 is 35.0 Å². The van der Waals surface area contributed by atoms with Crippen molar-refractivity contribution in [2.24, 2.45) is 5.92 Å². The fourth-order valence-electron chi connectivity index (χ4n) is 3.93.